The zero-order valence-corrected chi connectivity index (χ0v) is 14.7. The van der Waals surface area contributed by atoms with Gasteiger partial charge in [0.15, 0.2) is 0 Å². The fourth-order valence-electron chi connectivity index (χ4n) is 2.95. The molecule has 0 spiro atoms. The van der Waals surface area contributed by atoms with Crippen LogP contribution >= 0.6 is 0 Å². The minimum Gasteiger partial charge on any atom is -0.341 e. The number of amides is 2. The average Bonchev–Trinajstić information content (AvgIpc) is 3.09. The van der Waals surface area contributed by atoms with Gasteiger partial charge in [-0.05, 0) is 19.3 Å². The SMILES string of the molecule is O=C1CCCC(=O)N1CCS(=O)(=O)Nc1cnc(N2CCCC2)nc1. The molecule has 2 fully saturated rings. The average molecular weight is 367 g/mol. The van der Waals surface area contributed by atoms with Gasteiger partial charge in [0.05, 0.1) is 23.8 Å². The number of carbonyl (C=O) groups is 2. The highest BCUT2D eigenvalue weighted by Gasteiger charge is 2.27. The van der Waals surface area contributed by atoms with Gasteiger partial charge in [-0.25, -0.2) is 18.4 Å². The fourth-order valence-corrected chi connectivity index (χ4v) is 3.94. The van der Waals surface area contributed by atoms with Gasteiger partial charge in [0.1, 0.15) is 0 Å². The quantitative estimate of drug-likeness (QED) is 0.722. The second-order valence-electron chi connectivity index (χ2n) is 6.18. The van der Waals surface area contributed by atoms with Gasteiger partial charge in [-0.15, -0.1) is 0 Å². The Labute approximate surface area is 146 Å². The fraction of sp³-hybridized carbons (Fsp3) is 0.600. The van der Waals surface area contributed by atoms with E-state index in [4.69, 9.17) is 0 Å². The Morgan fingerprint density at radius 1 is 1.00 bits per heavy atom. The van der Waals surface area contributed by atoms with Crippen molar-refractivity contribution in [2.75, 3.05) is 35.0 Å². The molecule has 0 radical (unpaired) electrons. The Bertz CT molecular complexity index is 728. The first kappa shape index (κ1) is 17.6. The van der Waals surface area contributed by atoms with Crippen LogP contribution in [0.5, 0.6) is 0 Å². The van der Waals surface area contributed by atoms with Gasteiger partial charge in [0, 0.05) is 32.5 Å². The summed E-state index contributed by atoms with van der Waals surface area (Å²) in [7, 11) is -3.70. The third kappa shape index (κ3) is 4.44. The summed E-state index contributed by atoms with van der Waals surface area (Å²) in [6, 6.07) is 0. The number of aromatic nitrogens is 2. The molecule has 2 saturated heterocycles. The largest absolute Gasteiger partial charge is 0.341 e. The molecule has 3 heterocycles. The lowest BCUT2D eigenvalue weighted by Crippen LogP contribution is -2.43. The van der Waals surface area contributed by atoms with Crippen molar-refractivity contribution in [1.82, 2.24) is 14.9 Å². The predicted octanol–water partition coefficient (Wildman–Crippen LogP) is 0.358. The van der Waals surface area contributed by atoms with E-state index >= 15 is 0 Å². The molecule has 3 rings (SSSR count). The van der Waals surface area contributed by atoms with E-state index in [0.717, 1.165) is 30.8 Å². The summed E-state index contributed by atoms with van der Waals surface area (Å²) in [6.45, 7) is 1.67. The molecule has 0 aromatic carbocycles. The molecule has 1 aromatic heterocycles. The molecule has 2 aliphatic rings. The Balaban J connectivity index is 1.57. The zero-order chi connectivity index (χ0) is 17.9. The summed E-state index contributed by atoms with van der Waals surface area (Å²) in [4.78, 5) is 34.9. The molecule has 2 amide bonds. The lowest BCUT2D eigenvalue weighted by atomic mass is 10.1. The summed E-state index contributed by atoms with van der Waals surface area (Å²) in [5.74, 6) is -0.391. The predicted molar refractivity (Wildman–Crippen MR) is 91.5 cm³/mol. The van der Waals surface area contributed by atoms with Crippen molar-refractivity contribution in [2.24, 2.45) is 0 Å². The second-order valence-corrected chi connectivity index (χ2v) is 8.02. The Morgan fingerprint density at radius 2 is 1.60 bits per heavy atom. The van der Waals surface area contributed by atoms with Crippen LogP contribution in [-0.2, 0) is 19.6 Å². The second kappa shape index (κ2) is 7.34. The number of piperidine rings is 1. The number of carbonyl (C=O) groups excluding carboxylic acids is 2. The van der Waals surface area contributed by atoms with Gasteiger partial charge >= 0.3 is 0 Å². The number of imide groups is 1. The topological polar surface area (TPSA) is 113 Å². The molecule has 10 heteroatoms. The molecule has 1 N–H and O–H groups in total. The van der Waals surface area contributed by atoms with E-state index in [2.05, 4.69) is 14.7 Å². The van der Waals surface area contributed by atoms with E-state index in [1.807, 2.05) is 4.90 Å². The van der Waals surface area contributed by atoms with Gasteiger partial charge in [-0.3, -0.25) is 19.2 Å². The molecule has 0 unspecified atom stereocenters. The highest BCUT2D eigenvalue weighted by molar-refractivity contribution is 7.92. The van der Waals surface area contributed by atoms with Crippen LogP contribution in [0.4, 0.5) is 11.6 Å². The normalized spacial score (nSPS) is 18.7. The van der Waals surface area contributed by atoms with Crippen molar-refractivity contribution >= 4 is 33.5 Å². The van der Waals surface area contributed by atoms with Gasteiger partial charge in [-0.2, -0.15) is 0 Å². The van der Waals surface area contributed by atoms with E-state index < -0.39 is 10.0 Å². The highest BCUT2D eigenvalue weighted by atomic mass is 32.2. The van der Waals surface area contributed by atoms with Crippen LogP contribution in [0.15, 0.2) is 12.4 Å². The molecule has 0 bridgehead atoms. The summed E-state index contributed by atoms with van der Waals surface area (Å²) in [6.07, 6.45) is 6.15. The van der Waals surface area contributed by atoms with E-state index in [0.29, 0.717) is 12.4 Å². The van der Waals surface area contributed by atoms with E-state index in [1.54, 1.807) is 0 Å². The maximum absolute atomic E-state index is 12.2. The number of anilines is 2. The summed E-state index contributed by atoms with van der Waals surface area (Å²) in [5, 5.41) is 0. The molecule has 136 valence electrons. The minimum atomic E-state index is -3.70. The standard InChI is InChI=1S/C15H21N5O4S/c21-13-4-3-5-14(22)20(13)8-9-25(23,24)18-12-10-16-15(17-11-12)19-6-1-2-7-19/h10-11,18H,1-9H2. The molecule has 25 heavy (non-hydrogen) atoms. The van der Waals surface area contributed by atoms with Crippen molar-refractivity contribution in [3.05, 3.63) is 12.4 Å². The summed E-state index contributed by atoms with van der Waals surface area (Å²) in [5.41, 5.74) is 0.263. The maximum atomic E-state index is 12.2. The molecule has 9 nitrogen and oxygen atoms in total. The van der Waals surface area contributed by atoms with Crippen LogP contribution in [0, 0.1) is 0 Å². The minimum absolute atomic E-state index is 0.139. The number of hydrogen-bond acceptors (Lipinski definition) is 7. The van der Waals surface area contributed by atoms with Crippen molar-refractivity contribution in [3.8, 4) is 0 Å². The lowest BCUT2D eigenvalue weighted by Gasteiger charge is -2.24. The van der Waals surface area contributed by atoms with E-state index in [1.165, 1.54) is 12.4 Å². The number of nitrogens with zero attached hydrogens (tertiary/aromatic N) is 4. The smallest absolute Gasteiger partial charge is 0.234 e. The highest BCUT2D eigenvalue weighted by Crippen LogP contribution is 2.17. The lowest BCUT2D eigenvalue weighted by molar-refractivity contribution is -0.147. The van der Waals surface area contributed by atoms with Crippen LogP contribution in [0.25, 0.3) is 0 Å². The van der Waals surface area contributed by atoms with Crippen LogP contribution < -0.4 is 9.62 Å². The Kier molecular flexibility index (Phi) is 5.16. The van der Waals surface area contributed by atoms with Crippen molar-refractivity contribution in [3.63, 3.8) is 0 Å². The monoisotopic (exact) mass is 367 g/mol. The number of hydrogen-bond donors (Lipinski definition) is 1. The van der Waals surface area contributed by atoms with Crippen LogP contribution in [-0.4, -0.2) is 60.5 Å². The summed E-state index contributed by atoms with van der Waals surface area (Å²) < 4.78 is 26.7. The maximum Gasteiger partial charge on any atom is 0.234 e. The van der Waals surface area contributed by atoms with Crippen molar-refractivity contribution in [2.45, 2.75) is 32.1 Å². The first-order valence-corrected chi connectivity index (χ1v) is 10.0. The number of nitrogens with one attached hydrogen (secondary N) is 1. The van der Waals surface area contributed by atoms with Crippen LogP contribution in [0.2, 0.25) is 0 Å². The van der Waals surface area contributed by atoms with Gasteiger partial charge in [-0.1, -0.05) is 0 Å². The molecule has 0 saturated carbocycles. The van der Waals surface area contributed by atoms with Crippen molar-refractivity contribution in [1.29, 1.82) is 0 Å². The van der Waals surface area contributed by atoms with Gasteiger partial charge in [0.2, 0.25) is 27.8 Å². The first-order valence-electron chi connectivity index (χ1n) is 8.35. The van der Waals surface area contributed by atoms with Crippen LogP contribution in [0.1, 0.15) is 32.1 Å². The van der Waals surface area contributed by atoms with Crippen LogP contribution in [0.3, 0.4) is 0 Å². The van der Waals surface area contributed by atoms with Gasteiger partial charge < -0.3 is 4.90 Å². The van der Waals surface area contributed by atoms with Gasteiger partial charge in [0.25, 0.3) is 0 Å². The zero-order valence-electron chi connectivity index (χ0n) is 13.8. The Hall–Kier alpha value is -2.23. The number of likely N-dealkylation sites (tertiary alicyclic amines) is 1. The molecule has 0 atom stereocenters. The van der Waals surface area contributed by atoms with E-state index in [9.17, 15) is 18.0 Å². The summed E-state index contributed by atoms with van der Waals surface area (Å²) >= 11 is 0. The number of rotatable bonds is 6. The molecular formula is C15H21N5O4S. The molecule has 0 aliphatic carbocycles. The third-order valence-corrected chi connectivity index (χ3v) is 5.53. The molecule has 1 aromatic rings. The Morgan fingerprint density at radius 3 is 2.20 bits per heavy atom. The first-order chi connectivity index (χ1) is 11.9. The molecule has 2 aliphatic heterocycles. The van der Waals surface area contributed by atoms with Crippen molar-refractivity contribution < 1.29 is 18.0 Å². The van der Waals surface area contributed by atoms with E-state index in [-0.39, 0.29) is 42.6 Å². The molecular weight excluding hydrogens is 346 g/mol. The third-order valence-electron chi connectivity index (χ3n) is 4.27. The number of sulfonamides is 1.